The number of aryl methyl sites for hydroxylation is 2. The van der Waals surface area contributed by atoms with E-state index in [1.807, 2.05) is 31.2 Å². The van der Waals surface area contributed by atoms with Crippen LogP contribution in [0.3, 0.4) is 0 Å². The van der Waals surface area contributed by atoms with E-state index in [9.17, 15) is 9.90 Å². The largest absolute Gasteiger partial charge is 0.488 e. The highest BCUT2D eigenvalue weighted by molar-refractivity contribution is 7.15. The van der Waals surface area contributed by atoms with Gasteiger partial charge in [-0.2, -0.15) is 0 Å². The lowest BCUT2D eigenvalue weighted by molar-refractivity contribution is -0.139. The van der Waals surface area contributed by atoms with Crippen molar-refractivity contribution >= 4 is 23.0 Å². The summed E-state index contributed by atoms with van der Waals surface area (Å²) >= 11 is 1.63. The molecule has 0 spiro atoms. The summed E-state index contributed by atoms with van der Waals surface area (Å²) in [5.41, 5.74) is 4.68. The molecular weight excluding hydrogens is 448 g/mol. The van der Waals surface area contributed by atoms with Gasteiger partial charge in [0.25, 0.3) is 0 Å². The van der Waals surface area contributed by atoms with Gasteiger partial charge in [0, 0.05) is 5.56 Å². The molecule has 3 aromatic rings. The number of aliphatic carboxylic acids is 1. The molecule has 0 saturated carbocycles. The maximum absolute atomic E-state index is 11.3. The molecule has 0 fully saturated rings. The molecule has 6 nitrogen and oxygen atoms in total. The van der Waals surface area contributed by atoms with Gasteiger partial charge in [-0.25, -0.2) is 4.98 Å². The molecule has 2 aromatic carbocycles. The van der Waals surface area contributed by atoms with Crippen LogP contribution in [0.15, 0.2) is 48.5 Å². The smallest absolute Gasteiger partial charge is 0.304 e. The lowest BCUT2D eigenvalue weighted by Gasteiger charge is -2.13. The van der Waals surface area contributed by atoms with Crippen LogP contribution in [0.2, 0.25) is 0 Å². The topological polar surface area (TPSA) is 105 Å². The van der Waals surface area contributed by atoms with Crippen LogP contribution in [0.4, 0.5) is 0 Å². The standard InChI is InChI=1S/C27H32N2O4S/c1-3-4-5-19-6-8-21(9-7-19)27-29-18(2)25(34-27)17-33-22-12-10-20(11-13-22)23(16-26(31)32)24(28)14-15-30/h6-13,23,28,30H,3-5,14-17H2,1-2H3,(H,31,32)/p+1/t23-/m0/s1. The SMILES string of the molecule is CCCCc1ccc(-c2nc(C)c(COc3ccc([C@H](CC(=O)O)C(=[NH2+])CCO)cc3)s2)cc1. The zero-order valence-corrected chi connectivity index (χ0v) is 20.6. The maximum atomic E-state index is 11.3. The normalized spacial score (nSPS) is 11.9. The Kier molecular flexibility index (Phi) is 9.36. The van der Waals surface area contributed by atoms with Crippen molar-refractivity contribution in [1.82, 2.24) is 4.98 Å². The summed E-state index contributed by atoms with van der Waals surface area (Å²) in [6.45, 7) is 4.50. The molecule has 1 aromatic heterocycles. The number of nitrogens with zero attached hydrogens (tertiary/aromatic N) is 1. The second-order valence-electron chi connectivity index (χ2n) is 8.38. The summed E-state index contributed by atoms with van der Waals surface area (Å²) in [5.74, 6) is -0.690. The number of aliphatic hydroxyl groups is 1. The van der Waals surface area contributed by atoms with Crippen LogP contribution in [0.5, 0.6) is 5.75 Å². The van der Waals surface area contributed by atoms with Crippen LogP contribution in [0.25, 0.3) is 10.6 Å². The van der Waals surface area contributed by atoms with Gasteiger partial charge in [-0.1, -0.05) is 49.7 Å². The molecule has 0 amide bonds. The van der Waals surface area contributed by atoms with Crippen molar-refractivity contribution in [3.63, 3.8) is 0 Å². The Balaban J connectivity index is 1.65. The lowest BCUT2D eigenvalue weighted by Crippen LogP contribution is -2.44. The highest BCUT2D eigenvalue weighted by Crippen LogP contribution is 2.30. The second kappa shape index (κ2) is 12.4. The van der Waals surface area contributed by atoms with E-state index >= 15 is 0 Å². The van der Waals surface area contributed by atoms with Crippen molar-refractivity contribution < 1.29 is 25.2 Å². The summed E-state index contributed by atoms with van der Waals surface area (Å²) in [6.07, 6.45) is 3.65. The number of benzene rings is 2. The van der Waals surface area contributed by atoms with Crippen molar-refractivity contribution in [2.75, 3.05) is 6.61 Å². The Hall–Kier alpha value is -3.03. The number of carbonyl (C=O) groups is 1. The van der Waals surface area contributed by atoms with Gasteiger partial charge in [0.15, 0.2) is 5.71 Å². The minimum absolute atomic E-state index is 0.109. The third-order valence-electron chi connectivity index (χ3n) is 5.79. The van der Waals surface area contributed by atoms with Gasteiger partial charge in [0.2, 0.25) is 0 Å². The molecule has 0 bridgehead atoms. The quantitative estimate of drug-likeness (QED) is 0.318. The first-order chi connectivity index (χ1) is 16.4. The van der Waals surface area contributed by atoms with E-state index in [4.69, 9.17) is 20.2 Å². The molecule has 0 aliphatic heterocycles. The van der Waals surface area contributed by atoms with Crippen LogP contribution in [-0.2, 0) is 17.8 Å². The highest BCUT2D eigenvalue weighted by Gasteiger charge is 2.24. The average Bonchev–Trinajstić information content (AvgIpc) is 3.21. The third kappa shape index (κ3) is 6.98. The molecule has 34 heavy (non-hydrogen) atoms. The number of carboxylic acid groups (broad SMARTS) is 1. The number of rotatable bonds is 13. The summed E-state index contributed by atoms with van der Waals surface area (Å²) in [7, 11) is 0. The van der Waals surface area contributed by atoms with Gasteiger partial charge < -0.3 is 14.9 Å². The molecule has 0 aliphatic rings. The first-order valence-corrected chi connectivity index (χ1v) is 12.4. The van der Waals surface area contributed by atoms with Crippen molar-refractivity contribution in [1.29, 1.82) is 0 Å². The van der Waals surface area contributed by atoms with E-state index in [0.29, 0.717) is 18.1 Å². The summed E-state index contributed by atoms with van der Waals surface area (Å²) in [4.78, 5) is 17.1. The molecule has 1 heterocycles. The number of hydrogen-bond acceptors (Lipinski definition) is 5. The Morgan fingerprint density at radius 1 is 1.15 bits per heavy atom. The van der Waals surface area contributed by atoms with Gasteiger partial charge in [0.05, 0.1) is 35.9 Å². The van der Waals surface area contributed by atoms with E-state index in [-0.39, 0.29) is 19.4 Å². The first kappa shape index (κ1) is 25.6. The number of hydrogen-bond donors (Lipinski definition) is 3. The lowest BCUT2D eigenvalue weighted by atomic mass is 9.89. The molecule has 0 saturated heterocycles. The van der Waals surface area contributed by atoms with E-state index in [2.05, 4.69) is 31.2 Å². The molecular formula is C27H33N2O4S+. The predicted octanol–water partition coefficient (Wildman–Crippen LogP) is 4.18. The van der Waals surface area contributed by atoms with E-state index in [1.165, 1.54) is 18.4 Å². The predicted molar refractivity (Wildman–Crippen MR) is 135 cm³/mol. The van der Waals surface area contributed by atoms with Crippen LogP contribution in [0, 0.1) is 6.92 Å². The number of nitrogens with two attached hydrogens (primary N) is 1. The van der Waals surface area contributed by atoms with Gasteiger partial charge >= 0.3 is 5.97 Å². The van der Waals surface area contributed by atoms with E-state index < -0.39 is 11.9 Å². The molecule has 0 aliphatic carbocycles. The fourth-order valence-electron chi connectivity index (χ4n) is 3.77. The van der Waals surface area contributed by atoms with Crippen molar-refractivity contribution in [3.8, 4) is 16.3 Å². The molecule has 1 atom stereocenters. The van der Waals surface area contributed by atoms with Gasteiger partial charge in [0.1, 0.15) is 17.4 Å². The zero-order valence-electron chi connectivity index (χ0n) is 19.8. The number of thiazole rings is 1. The fraction of sp³-hybridized carbons (Fsp3) is 0.370. The number of carboxylic acids is 1. The third-order valence-corrected chi connectivity index (χ3v) is 6.97. The summed E-state index contributed by atoms with van der Waals surface area (Å²) in [6, 6.07) is 15.9. The Labute approximate surface area is 204 Å². The van der Waals surface area contributed by atoms with Crippen LogP contribution in [-0.4, -0.2) is 33.5 Å². The Morgan fingerprint density at radius 2 is 1.85 bits per heavy atom. The number of aromatic nitrogens is 1. The molecule has 7 heteroatoms. The van der Waals surface area contributed by atoms with Crippen molar-refractivity contribution in [2.24, 2.45) is 0 Å². The summed E-state index contributed by atoms with van der Waals surface area (Å²) < 4.78 is 5.99. The minimum atomic E-state index is -0.932. The molecule has 4 N–H and O–H groups in total. The minimum Gasteiger partial charge on any atom is -0.488 e. The highest BCUT2D eigenvalue weighted by atomic mass is 32.1. The second-order valence-corrected chi connectivity index (χ2v) is 9.47. The zero-order chi connectivity index (χ0) is 24.5. The van der Waals surface area contributed by atoms with Gasteiger partial charge in [-0.15, -0.1) is 11.3 Å². The molecule has 3 rings (SSSR count). The maximum Gasteiger partial charge on any atom is 0.304 e. The summed E-state index contributed by atoms with van der Waals surface area (Å²) in [5, 5.41) is 25.4. The number of ether oxygens (including phenoxy) is 1. The Morgan fingerprint density at radius 3 is 2.47 bits per heavy atom. The van der Waals surface area contributed by atoms with Gasteiger partial charge in [-0.3, -0.25) is 10.2 Å². The van der Waals surface area contributed by atoms with Crippen LogP contribution >= 0.6 is 11.3 Å². The van der Waals surface area contributed by atoms with Crippen LogP contribution < -0.4 is 10.1 Å². The monoisotopic (exact) mass is 481 g/mol. The van der Waals surface area contributed by atoms with Gasteiger partial charge in [-0.05, 0) is 43.0 Å². The molecule has 0 radical (unpaired) electrons. The van der Waals surface area contributed by atoms with Crippen molar-refractivity contribution in [3.05, 3.63) is 70.2 Å². The van der Waals surface area contributed by atoms with Crippen molar-refractivity contribution in [2.45, 2.75) is 58.5 Å². The average molecular weight is 482 g/mol. The number of unbranched alkanes of at least 4 members (excludes halogenated alkanes) is 1. The van der Waals surface area contributed by atoms with E-state index in [0.717, 1.165) is 33.1 Å². The molecule has 0 unspecified atom stereocenters. The Bertz CT molecular complexity index is 1090. The molecule has 180 valence electrons. The fourth-order valence-corrected chi connectivity index (χ4v) is 4.75. The first-order valence-electron chi connectivity index (χ1n) is 11.6. The number of aliphatic hydroxyl groups excluding tert-OH is 1. The van der Waals surface area contributed by atoms with E-state index in [1.54, 1.807) is 11.3 Å². The van der Waals surface area contributed by atoms with Crippen LogP contribution in [0.1, 0.15) is 60.2 Å².